The van der Waals surface area contributed by atoms with Crippen molar-refractivity contribution in [2.45, 2.75) is 101 Å². The summed E-state index contributed by atoms with van der Waals surface area (Å²) < 4.78 is 29.7. The highest BCUT2D eigenvalue weighted by Gasteiger charge is 2.78. The molecule has 1 unspecified atom stereocenters. The number of ether oxygens (including phenoxy) is 5. The van der Waals surface area contributed by atoms with E-state index in [0.717, 1.165) is 0 Å². The molecule has 5 N–H and O–H groups in total. The Morgan fingerprint density at radius 2 is 1.60 bits per heavy atom. The molecule has 2 aromatic rings. The minimum atomic E-state index is -2.24. The zero-order valence-corrected chi connectivity index (χ0v) is 30.1. The second-order valence-electron chi connectivity index (χ2n) is 15.2. The predicted octanol–water partition coefficient (Wildman–Crippen LogP) is 2.35. The van der Waals surface area contributed by atoms with Crippen molar-refractivity contribution in [2.24, 2.45) is 22.5 Å². The number of fused-ring (bicyclic) bond motifs is 5. The Labute approximate surface area is 302 Å². The van der Waals surface area contributed by atoms with Crippen LogP contribution in [0.3, 0.4) is 0 Å². The summed E-state index contributed by atoms with van der Waals surface area (Å²) in [7, 11) is 1.31. The highest BCUT2D eigenvalue weighted by molar-refractivity contribution is 5.94. The third kappa shape index (κ3) is 5.60. The lowest BCUT2D eigenvalue weighted by atomic mass is 9.44. The van der Waals surface area contributed by atoms with E-state index in [9.17, 15) is 34.5 Å². The summed E-state index contributed by atoms with van der Waals surface area (Å²) in [5.41, 5.74) is 0.117. The van der Waals surface area contributed by atoms with Gasteiger partial charge in [-0.05, 0) is 42.7 Å². The Hall–Kier alpha value is -3.98. The van der Waals surface area contributed by atoms with Crippen molar-refractivity contribution in [1.82, 2.24) is 0 Å². The Morgan fingerprint density at radius 3 is 2.15 bits per heavy atom. The number of aliphatic hydroxyl groups excluding tert-OH is 2. The monoisotopic (exact) mass is 721 g/mol. The van der Waals surface area contributed by atoms with Crippen LogP contribution in [0.25, 0.3) is 0 Å². The number of hydrogen-bond donors (Lipinski definition) is 4. The number of Topliss-reactive ketones (excluding diaryl/α,β-unsaturated/α-hetero) is 1. The van der Waals surface area contributed by atoms with Crippen molar-refractivity contribution >= 4 is 23.7 Å². The van der Waals surface area contributed by atoms with E-state index in [1.807, 2.05) is 0 Å². The van der Waals surface area contributed by atoms with Gasteiger partial charge in [-0.2, -0.15) is 0 Å². The minimum absolute atomic E-state index is 0.0338. The fourth-order valence-corrected chi connectivity index (χ4v) is 9.22. The van der Waals surface area contributed by atoms with Gasteiger partial charge in [-0.25, -0.2) is 9.59 Å². The number of hydrogen-bond acceptors (Lipinski definition) is 13. The molecule has 3 aliphatic carbocycles. The van der Waals surface area contributed by atoms with Crippen molar-refractivity contribution in [2.75, 3.05) is 13.7 Å². The van der Waals surface area contributed by atoms with Gasteiger partial charge in [-0.15, -0.1) is 0 Å². The maximum absolute atomic E-state index is 14.8. The fraction of sp³-hybridized carbons (Fsp3) is 0.538. The van der Waals surface area contributed by atoms with Crippen molar-refractivity contribution in [3.63, 3.8) is 0 Å². The summed E-state index contributed by atoms with van der Waals surface area (Å²) in [6.45, 7) is 7.16. The summed E-state index contributed by atoms with van der Waals surface area (Å²) in [6.07, 6.45) is -9.14. The Kier molecular flexibility index (Phi) is 9.77. The molecule has 0 spiro atoms. The van der Waals surface area contributed by atoms with Gasteiger partial charge in [0.15, 0.2) is 17.5 Å². The lowest BCUT2D eigenvalue weighted by Gasteiger charge is -2.67. The van der Waals surface area contributed by atoms with Crippen LogP contribution in [0.5, 0.6) is 0 Å². The molecule has 0 radical (unpaired) electrons. The summed E-state index contributed by atoms with van der Waals surface area (Å²) in [6, 6.07) is 15.9. The molecule has 1 saturated heterocycles. The summed E-state index contributed by atoms with van der Waals surface area (Å²) >= 11 is 0. The molecular formula is C39H47NO12. The quantitative estimate of drug-likeness (QED) is 0.176. The van der Waals surface area contributed by atoms with Gasteiger partial charge in [0.2, 0.25) is 0 Å². The van der Waals surface area contributed by atoms with Crippen molar-refractivity contribution in [3.8, 4) is 0 Å². The molecule has 13 heteroatoms. The number of esters is 3. The van der Waals surface area contributed by atoms with Crippen LogP contribution in [0.15, 0.2) is 71.8 Å². The van der Waals surface area contributed by atoms with Gasteiger partial charge < -0.3 is 44.7 Å². The number of benzene rings is 2. The lowest BCUT2D eigenvalue weighted by Crippen LogP contribution is -2.81. The Bertz CT molecular complexity index is 1760. The molecule has 1 aliphatic heterocycles. The fourth-order valence-electron chi connectivity index (χ4n) is 9.22. The highest BCUT2D eigenvalue weighted by Crippen LogP contribution is 2.64. The largest absolute Gasteiger partial charge is 0.456 e. The number of aliphatic hydroxyl groups is 3. The maximum Gasteiger partial charge on any atom is 0.338 e. The van der Waals surface area contributed by atoms with E-state index in [-0.39, 0.29) is 29.7 Å². The summed E-state index contributed by atoms with van der Waals surface area (Å²) in [5, 5.41) is 37.2. The van der Waals surface area contributed by atoms with Crippen LogP contribution in [-0.4, -0.2) is 101 Å². The average molecular weight is 722 g/mol. The van der Waals surface area contributed by atoms with Crippen LogP contribution in [-0.2, 0) is 38.1 Å². The number of carbonyl (C=O) groups is 4. The number of methoxy groups -OCH3 is 1. The second-order valence-corrected chi connectivity index (χ2v) is 15.2. The highest BCUT2D eigenvalue weighted by atomic mass is 16.6. The van der Waals surface area contributed by atoms with Gasteiger partial charge in [-0.1, -0.05) is 62.4 Å². The Morgan fingerprint density at radius 1 is 0.981 bits per heavy atom. The predicted molar refractivity (Wildman–Crippen MR) is 183 cm³/mol. The summed E-state index contributed by atoms with van der Waals surface area (Å²) in [5.74, 6) is -4.76. The first-order valence-corrected chi connectivity index (χ1v) is 17.4. The molecule has 280 valence electrons. The van der Waals surface area contributed by atoms with Crippen molar-refractivity contribution in [1.29, 1.82) is 0 Å². The van der Waals surface area contributed by atoms with Gasteiger partial charge >= 0.3 is 17.9 Å². The zero-order valence-electron chi connectivity index (χ0n) is 30.1. The smallest absolute Gasteiger partial charge is 0.338 e. The molecule has 0 aromatic heterocycles. The van der Waals surface area contributed by atoms with E-state index in [4.69, 9.17) is 29.4 Å². The van der Waals surface area contributed by atoms with Crippen LogP contribution in [0.2, 0.25) is 0 Å². The molecule has 3 fully saturated rings. The maximum atomic E-state index is 14.8. The Balaban J connectivity index is 1.53. The minimum Gasteiger partial charge on any atom is -0.456 e. The van der Waals surface area contributed by atoms with Gasteiger partial charge in [0.05, 0.1) is 35.6 Å². The van der Waals surface area contributed by atoms with Crippen molar-refractivity contribution in [3.05, 3.63) is 82.9 Å². The van der Waals surface area contributed by atoms with E-state index < -0.39 is 101 Å². The molecule has 1 heterocycles. The zero-order chi connectivity index (χ0) is 38.0. The third-order valence-corrected chi connectivity index (χ3v) is 12.2. The van der Waals surface area contributed by atoms with E-state index in [1.54, 1.807) is 69.3 Å². The SMILES string of the molecule is CO[C@@H](C(=O)O[C@H]1C[C@@]2(O)[C@@H](OC(=O)c3ccccc3)C3[C@](C)(C(=O)[C@H](O)C(=C1C)C2(C)C)[C@@H](O)C[C@H]1OC[C@@]31OC(C)=O)[C@@H](N)c1ccccc1. The molecule has 13 nitrogen and oxygen atoms in total. The number of nitrogens with two attached hydrogens (primary N) is 1. The molecular weight excluding hydrogens is 674 g/mol. The first-order valence-electron chi connectivity index (χ1n) is 17.4. The molecule has 2 bridgehead atoms. The molecule has 52 heavy (non-hydrogen) atoms. The standard InChI is InChI=1S/C39H47NO12/c1-20-24(50-35(46)30(48-6)28(40)22-13-9-7-10-14-22)18-39(47)33(51-34(45)23-15-11-8-12-16-23)31-37(5,32(44)29(43)27(20)36(39,3)4)25(42)17-26-38(31,19-49-26)52-21(2)41/h7-16,24-26,28-31,33,42-43,47H,17-19,40H2,1-6H3/t24-,25-,26+,28-,29+,30+,31?,33-,37+,38-,39+/m0/s1. The topological polar surface area (TPSA) is 201 Å². The number of rotatable bonds is 8. The first-order chi connectivity index (χ1) is 24.5. The van der Waals surface area contributed by atoms with E-state index in [1.165, 1.54) is 33.1 Å². The van der Waals surface area contributed by atoms with Crippen LogP contribution >= 0.6 is 0 Å². The lowest BCUT2D eigenvalue weighted by molar-refractivity contribution is -0.346. The van der Waals surface area contributed by atoms with Crippen LogP contribution < -0.4 is 5.73 Å². The molecule has 6 rings (SSSR count). The molecule has 2 saturated carbocycles. The molecule has 4 aliphatic rings. The van der Waals surface area contributed by atoms with Crippen molar-refractivity contribution < 1.29 is 58.2 Å². The molecule has 0 amide bonds. The van der Waals surface area contributed by atoms with E-state index in [2.05, 4.69) is 0 Å². The average Bonchev–Trinajstić information content (AvgIpc) is 3.10. The van der Waals surface area contributed by atoms with E-state index in [0.29, 0.717) is 5.56 Å². The van der Waals surface area contributed by atoms with Gasteiger partial charge in [0.25, 0.3) is 0 Å². The van der Waals surface area contributed by atoms with E-state index >= 15 is 0 Å². The van der Waals surface area contributed by atoms with Crippen LogP contribution in [0.1, 0.15) is 69.4 Å². The molecule has 11 atom stereocenters. The third-order valence-electron chi connectivity index (χ3n) is 12.2. The van der Waals surface area contributed by atoms with Gasteiger partial charge in [-0.3, -0.25) is 9.59 Å². The van der Waals surface area contributed by atoms with Gasteiger partial charge in [0, 0.05) is 32.3 Å². The van der Waals surface area contributed by atoms with Gasteiger partial charge in [0.1, 0.15) is 30.0 Å². The first kappa shape index (κ1) is 37.8. The normalized spacial score (nSPS) is 36.1. The number of carbonyl (C=O) groups excluding carboxylic acids is 4. The second kappa shape index (κ2) is 13.5. The molecule has 2 aromatic carbocycles. The van der Waals surface area contributed by atoms with Crippen LogP contribution in [0.4, 0.5) is 0 Å². The van der Waals surface area contributed by atoms with Crippen LogP contribution in [0, 0.1) is 16.7 Å². The summed E-state index contributed by atoms with van der Waals surface area (Å²) in [4.78, 5) is 55.5. The number of ketones is 1.